The van der Waals surface area contributed by atoms with Crippen LogP contribution in [0.3, 0.4) is 0 Å². The molecule has 0 spiro atoms. The fourth-order valence-electron chi connectivity index (χ4n) is 3.19. The summed E-state index contributed by atoms with van der Waals surface area (Å²) in [5.74, 6) is 1.35. The summed E-state index contributed by atoms with van der Waals surface area (Å²) in [7, 11) is -3.24. The van der Waals surface area contributed by atoms with Gasteiger partial charge in [-0.25, -0.2) is 22.4 Å². The lowest BCUT2D eigenvalue weighted by Crippen LogP contribution is -2.40. The van der Waals surface area contributed by atoms with E-state index in [4.69, 9.17) is 0 Å². The van der Waals surface area contributed by atoms with Crippen LogP contribution >= 0.6 is 0 Å². The van der Waals surface area contributed by atoms with Gasteiger partial charge in [0.2, 0.25) is 15.9 Å². The zero-order chi connectivity index (χ0) is 16.4. The molecule has 3 rings (SSSR count). The predicted octanol–water partition coefficient (Wildman–Crippen LogP) is -0.309. The lowest BCUT2D eigenvalue weighted by atomic mass is 9.99. The summed E-state index contributed by atoms with van der Waals surface area (Å²) in [6.07, 6.45) is 3.30. The van der Waals surface area contributed by atoms with Gasteiger partial charge < -0.3 is 5.32 Å². The zero-order valence-electron chi connectivity index (χ0n) is 13.4. The molecule has 0 aliphatic carbocycles. The molecule has 1 atom stereocenters. The van der Waals surface area contributed by atoms with E-state index in [9.17, 15) is 13.2 Å². The van der Waals surface area contributed by atoms with Crippen molar-refractivity contribution in [2.75, 3.05) is 25.4 Å². The van der Waals surface area contributed by atoms with Gasteiger partial charge in [-0.15, -0.1) is 0 Å². The number of nitrogens with one attached hydrogen (secondary N) is 1. The van der Waals surface area contributed by atoms with Gasteiger partial charge in [-0.1, -0.05) is 0 Å². The normalized spacial score (nSPS) is 22.0. The highest BCUT2D eigenvalue weighted by atomic mass is 32.2. The second-order valence-electron chi connectivity index (χ2n) is 6.21. The molecule has 0 aromatic carbocycles. The molecule has 23 heavy (non-hydrogen) atoms. The molecule has 1 aromatic rings. The molecule has 2 aliphatic heterocycles. The van der Waals surface area contributed by atoms with E-state index in [1.54, 1.807) is 4.68 Å². The number of aromatic nitrogens is 3. The van der Waals surface area contributed by atoms with E-state index in [0.717, 1.165) is 37.3 Å². The Balaban J connectivity index is 1.48. The first kappa shape index (κ1) is 16.4. The minimum absolute atomic E-state index is 0.0286. The number of hydrogen-bond donors (Lipinski definition) is 1. The third-order valence-corrected chi connectivity index (χ3v) is 6.32. The van der Waals surface area contributed by atoms with E-state index in [2.05, 4.69) is 15.4 Å². The molecule has 1 N–H and O–H groups in total. The minimum Gasteiger partial charge on any atom is -0.355 e. The first-order valence-electron chi connectivity index (χ1n) is 8.11. The highest BCUT2D eigenvalue weighted by Gasteiger charge is 2.28. The molecule has 1 aromatic heterocycles. The van der Waals surface area contributed by atoms with Crippen LogP contribution in [0.1, 0.15) is 30.9 Å². The second-order valence-corrected chi connectivity index (χ2v) is 8.29. The minimum atomic E-state index is -3.24. The van der Waals surface area contributed by atoms with Crippen molar-refractivity contribution in [2.24, 2.45) is 5.92 Å². The molecular formula is C14H23N5O3S. The van der Waals surface area contributed by atoms with Crippen molar-refractivity contribution in [3.8, 4) is 0 Å². The van der Waals surface area contributed by atoms with Crippen LogP contribution in [-0.4, -0.2) is 58.8 Å². The lowest BCUT2D eigenvalue weighted by Gasteiger charge is -2.22. The summed E-state index contributed by atoms with van der Waals surface area (Å²) < 4.78 is 27.5. The van der Waals surface area contributed by atoms with E-state index in [-0.39, 0.29) is 24.1 Å². The molecule has 0 saturated carbocycles. The molecule has 128 valence electrons. The predicted molar refractivity (Wildman–Crippen MR) is 84.2 cm³/mol. The molecule has 2 aliphatic rings. The Bertz CT molecular complexity index is 679. The van der Waals surface area contributed by atoms with Gasteiger partial charge in [0.25, 0.3) is 0 Å². The molecule has 1 saturated heterocycles. The van der Waals surface area contributed by atoms with Gasteiger partial charge in [-0.2, -0.15) is 5.10 Å². The zero-order valence-corrected chi connectivity index (χ0v) is 14.2. The quantitative estimate of drug-likeness (QED) is 0.792. The number of nitrogens with zero attached hydrogens (tertiary/aromatic N) is 4. The Hall–Kier alpha value is -1.48. The van der Waals surface area contributed by atoms with Crippen molar-refractivity contribution in [2.45, 2.75) is 39.2 Å². The summed E-state index contributed by atoms with van der Waals surface area (Å²) in [5.41, 5.74) is 0. The van der Waals surface area contributed by atoms with Crippen LogP contribution in [0.15, 0.2) is 0 Å². The maximum Gasteiger partial charge on any atom is 0.225 e. The highest BCUT2D eigenvalue weighted by Crippen LogP contribution is 2.18. The average molecular weight is 341 g/mol. The summed E-state index contributed by atoms with van der Waals surface area (Å²) in [5, 5.41) is 7.04. The van der Waals surface area contributed by atoms with Gasteiger partial charge in [0.1, 0.15) is 11.6 Å². The van der Waals surface area contributed by atoms with E-state index in [1.807, 2.05) is 6.92 Å². The summed E-state index contributed by atoms with van der Waals surface area (Å²) in [4.78, 5) is 16.6. The standard InChI is InChI=1S/C14H23N5O3S/c1-11-16-13-5-4-12(10-19(13)17-11)14(20)15-6-9-23(21,22)18-7-2-3-8-18/h12H,2-10H2,1H3,(H,15,20). The monoisotopic (exact) mass is 341 g/mol. The Morgan fingerprint density at radius 1 is 1.35 bits per heavy atom. The largest absolute Gasteiger partial charge is 0.355 e. The fraction of sp³-hybridized carbons (Fsp3) is 0.786. The number of hydrogen-bond acceptors (Lipinski definition) is 5. The number of aryl methyl sites for hydroxylation is 2. The fourth-order valence-corrected chi connectivity index (χ4v) is 4.62. The first-order chi connectivity index (χ1) is 11.0. The summed E-state index contributed by atoms with van der Waals surface area (Å²) >= 11 is 0. The Morgan fingerprint density at radius 2 is 2.09 bits per heavy atom. The van der Waals surface area contributed by atoms with Crippen molar-refractivity contribution in [1.82, 2.24) is 24.4 Å². The van der Waals surface area contributed by atoms with Gasteiger partial charge in [-0.3, -0.25) is 4.79 Å². The molecule has 8 nitrogen and oxygen atoms in total. The smallest absolute Gasteiger partial charge is 0.225 e. The lowest BCUT2D eigenvalue weighted by molar-refractivity contribution is -0.125. The van der Waals surface area contributed by atoms with Crippen LogP contribution in [0.2, 0.25) is 0 Å². The van der Waals surface area contributed by atoms with Gasteiger partial charge >= 0.3 is 0 Å². The molecule has 0 bridgehead atoms. The van der Waals surface area contributed by atoms with Gasteiger partial charge in [0.05, 0.1) is 18.2 Å². The molecular weight excluding hydrogens is 318 g/mol. The van der Waals surface area contributed by atoms with Gasteiger partial charge in [0, 0.05) is 26.1 Å². The third-order valence-electron chi connectivity index (χ3n) is 4.45. The SMILES string of the molecule is Cc1nc2n(n1)CC(C(=O)NCCS(=O)(=O)N1CCCC1)CC2. The third kappa shape index (κ3) is 3.72. The second kappa shape index (κ2) is 6.56. The molecule has 3 heterocycles. The summed E-state index contributed by atoms with van der Waals surface area (Å²) in [6.45, 7) is 3.72. The number of sulfonamides is 1. The number of rotatable bonds is 5. The van der Waals surface area contributed by atoms with Crippen molar-refractivity contribution in [3.63, 3.8) is 0 Å². The maximum atomic E-state index is 12.2. The van der Waals surface area contributed by atoms with Crippen LogP contribution in [0.25, 0.3) is 0 Å². The average Bonchev–Trinajstić information content (AvgIpc) is 3.14. The van der Waals surface area contributed by atoms with Gasteiger partial charge in [0.15, 0.2) is 0 Å². The Labute approximate surface area is 136 Å². The van der Waals surface area contributed by atoms with Gasteiger partial charge in [-0.05, 0) is 26.2 Å². The van der Waals surface area contributed by atoms with E-state index in [0.29, 0.717) is 19.6 Å². The number of carbonyl (C=O) groups excluding carboxylic acids is 1. The number of fused-ring (bicyclic) bond motifs is 1. The molecule has 0 radical (unpaired) electrons. The Morgan fingerprint density at radius 3 is 2.83 bits per heavy atom. The van der Waals surface area contributed by atoms with Crippen LogP contribution in [0.5, 0.6) is 0 Å². The van der Waals surface area contributed by atoms with Crippen LogP contribution in [-0.2, 0) is 27.8 Å². The van der Waals surface area contributed by atoms with Crippen LogP contribution in [0, 0.1) is 12.8 Å². The van der Waals surface area contributed by atoms with Crippen molar-refractivity contribution >= 4 is 15.9 Å². The van der Waals surface area contributed by atoms with E-state index < -0.39 is 10.0 Å². The molecule has 1 unspecified atom stereocenters. The van der Waals surface area contributed by atoms with E-state index >= 15 is 0 Å². The van der Waals surface area contributed by atoms with E-state index in [1.165, 1.54) is 4.31 Å². The van der Waals surface area contributed by atoms with Crippen molar-refractivity contribution in [3.05, 3.63) is 11.6 Å². The molecule has 9 heteroatoms. The molecule has 1 fully saturated rings. The van der Waals surface area contributed by atoms with Crippen molar-refractivity contribution in [1.29, 1.82) is 0 Å². The summed E-state index contributed by atoms with van der Waals surface area (Å²) in [6, 6.07) is 0. The molecule has 1 amide bonds. The first-order valence-corrected chi connectivity index (χ1v) is 9.72. The Kier molecular flexibility index (Phi) is 4.67. The van der Waals surface area contributed by atoms with Crippen molar-refractivity contribution < 1.29 is 13.2 Å². The highest BCUT2D eigenvalue weighted by molar-refractivity contribution is 7.89. The number of amides is 1. The topological polar surface area (TPSA) is 97.2 Å². The van der Waals surface area contributed by atoms with Crippen LogP contribution < -0.4 is 5.32 Å². The number of carbonyl (C=O) groups is 1. The van der Waals surface area contributed by atoms with Crippen LogP contribution in [0.4, 0.5) is 0 Å². The maximum absolute atomic E-state index is 12.2.